The van der Waals surface area contributed by atoms with Crippen molar-refractivity contribution >= 4 is 11.3 Å². The van der Waals surface area contributed by atoms with Crippen LogP contribution in [0.3, 0.4) is 0 Å². The van der Waals surface area contributed by atoms with Crippen molar-refractivity contribution < 1.29 is 0 Å². The molecule has 2 aromatic heterocycles. The van der Waals surface area contributed by atoms with Gasteiger partial charge in [0, 0.05) is 30.5 Å². The summed E-state index contributed by atoms with van der Waals surface area (Å²) in [7, 11) is 0. The van der Waals surface area contributed by atoms with E-state index in [2.05, 4.69) is 22.0 Å². The van der Waals surface area contributed by atoms with E-state index in [1.54, 1.807) is 10.5 Å². The maximum absolute atomic E-state index is 12.4. The van der Waals surface area contributed by atoms with E-state index in [1.807, 2.05) is 37.4 Å². The van der Waals surface area contributed by atoms with E-state index in [9.17, 15) is 4.79 Å². The van der Waals surface area contributed by atoms with Crippen LogP contribution in [0.15, 0.2) is 53.5 Å². The van der Waals surface area contributed by atoms with Crippen LogP contribution in [0, 0.1) is 6.92 Å². The van der Waals surface area contributed by atoms with Gasteiger partial charge >= 0.3 is 0 Å². The molecule has 1 aliphatic heterocycles. The molecule has 5 heteroatoms. The highest BCUT2D eigenvalue weighted by Gasteiger charge is 2.22. The zero-order valence-electron chi connectivity index (χ0n) is 13.6. The number of nitrogens with zero attached hydrogens (tertiary/aromatic N) is 3. The third-order valence-corrected chi connectivity index (χ3v) is 4.48. The minimum absolute atomic E-state index is 0.0479. The third kappa shape index (κ3) is 2.67. The van der Waals surface area contributed by atoms with Gasteiger partial charge in [-0.2, -0.15) is 0 Å². The predicted octanol–water partition coefficient (Wildman–Crippen LogP) is 1.89. The molecule has 122 valence electrons. The van der Waals surface area contributed by atoms with Crippen molar-refractivity contribution in [2.45, 2.75) is 25.9 Å². The summed E-state index contributed by atoms with van der Waals surface area (Å²) in [4.78, 5) is 19.3. The Hall–Kier alpha value is -2.66. The van der Waals surface area contributed by atoms with E-state index in [4.69, 9.17) is 5.73 Å². The molecule has 1 unspecified atom stereocenters. The Bertz CT molecular complexity index is 963. The van der Waals surface area contributed by atoms with Crippen LogP contribution in [-0.2, 0) is 13.0 Å². The van der Waals surface area contributed by atoms with Crippen LogP contribution in [0.4, 0.5) is 5.69 Å². The second kappa shape index (κ2) is 5.76. The van der Waals surface area contributed by atoms with Gasteiger partial charge < -0.3 is 10.6 Å². The maximum Gasteiger partial charge on any atom is 0.258 e. The maximum atomic E-state index is 12.4. The number of aromatic nitrogens is 2. The highest BCUT2D eigenvalue weighted by Crippen LogP contribution is 2.27. The van der Waals surface area contributed by atoms with Crippen molar-refractivity contribution in [3.05, 3.63) is 75.8 Å². The van der Waals surface area contributed by atoms with Crippen LogP contribution >= 0.6 is 0 Å². The SMILES string of the molecule is Cc1ccc2nc(CN3CC(N)Cc4ccccc43)cc(=O)n2c1. The molecule has 0 bridgehead atoms. The number of aryl methyl sites for hydroxylation is 1. The average Bonchev–Trinajstić information content (AvgIpc) is 2.55. The summed E-state index contributed by atoms with van der Waals surface area (Å²) in [6.45, 7) is 3.32. The minimum Gasteiger partial charge on any atom is -0.364 e. The molecule has 0 saturated carbocycles. The fourth-order valence-corrected chi connectivity index (χ4v) is 3.40. The first-order valence-corrected chi connectivity index (χ1v) is 8.17. The second-order valence-electron chi connectivity index (χ2n) is 6.49. The van der Waals surface area contributed by atoms with Gasteiger partial charge in [0.05, 0.1) is 12.2 Å². The molecule has 3 aromatic rings. The molecule has 5 nitrogen and oxygen atoms in total. The molecule has 0 spiro atoms. The molecule has 4 rings (SSSR count). The molecule has 3 heterocycles. The lowest BCUT2D eigenvalue weighted by Gasteiger charge is -2.34. The number of anilines is 1. The van der Waals surface area contributed by atoms with Gasteiger partial charge in [0.1, 0.15) is 5.65 Å². The molecule has 0 fully saturated rings. The number of fused-ring (bicyclic) bond motifs is 2. The Balaban J connectivity index is 1.72. The molecule has 0 aliphatic carbocycles. The number of para-hydroxylation sites is 1. The highest BCUT2D eigenvalue weighted by molar-refractivity contribution is 5.56. The van der Waals surface area contributed by atoms with Crippen molar-refractivity contribution in [3.8, 4) is 0 Å². The second-order valence-corrected chi connectivity index (χ2v) is 6.49. The largest absolute Gasteiger partial charge is 0.364 e. The average molecular weight is 320 g/mol. The topological polar surface area (TPSA) is 63.6 Å². The molecule has 1 aromatic carbocycles. The standard InChI is InChI=1S/C19H20N4O/c1-13-6-7-18-21-16(9-19(24)23(18)10-13)12-22-11-15(20)8-14-4-2-3-5-17(14)22/h2-7,9-10,15H,8,11-12,20H2,1H3. The molecular formula is C19H20N4O. The number of hydrogen-bond acceptors (Lipinski definition) is 4. The van der Waals surface area contributed by atoms with E-state index in [1.165, 1.54) is 11.3 Å². The van der Waals surface area contributed by atoms with Crippen LogP contribution in [-0.4, -0.2) is 22.0 Å². The Morgan fingerprint density at radius 1 is 1.25 bits per heavy atom. The van der Waals surface area contributed by atoms with Gasteiger partial charge in [-0.25, -0.2) is 4.98 Å². The molecule has 0 radical (unpaired) electrons. The zero-order chi connectivity index (χ0) is 16.7. The summed E-state index contributed by atoms with van der Waals surface area (Å²) in [6, 6.07) is 13.9. The zero-order valence-corrected chi connectivity index (χ0v) is 13.6. The predicted molar refractivity (Wildman–Crippen MR) is 95.4 cm³/mol. The Morgan fingerprint density at radius 3 is 2.96 bits per heavy atom. The van der Waals surface area contributed by atoms with Crippen LogP contribution in [0.25, 0.3) is 5.65 Å². The van der Waals surface area contributed by atoms with Crippen molar-refractivity contribution in [1.82, 2.24) is 9.38 Å². The van der Waals surface area contributed by atoms with Crippen molar-refractivity contribution in [1.29, 1.82) is 0 Å². The summed E-state index contributed by atoms with van der Waals surface area (Å²) < 4.78 is 1.59. The van der Waals surface area contributed by atoms with Gasteiger partial charge in [-0.05, 0) is 36.6 Å². The summed E-state index contributed by atoms with van der Waals surface area (Å²) in [5, 5.41) is 0. The molecule has 0 amide bonds. The van der Waals surface area contributed by atoms with Crippen LogP contribution < -0.4 is 16.2 Å². The Labute approximate surface area is 140 Å². The van der Waals surface area contributed by atoms with Gasteiger partial charge in [-0.1, -0.05) is 24.3 Å². The van der Waals surface area contributed by atoms with Crippen LogP contribution in [0.1, 0.15) is 16.8 Å². The van der Waals surface area contributed by atoms with Crippen molar-refractivity contribution in [2.75, 3.05) is 11.4 Å². The summed E-state index contributed by atoms with van der Waals surface area (Å²) in [6.07, 6.45) is 2.71. The van der Waals surface area contributed by atoms with E-state index < -0.39 is 0 Å². The summed E-state index contributed by atoms with van der Waals surface area (Å²) in [5.74, 6) is 0. The van der Waals surface area contributed by atoms with Crippen molar-refractivity contribution in [3.63, 3.8) is 0 Å². The summed E-state index contributed by atoms with van der Waals surface area (Å²) >= 11 is 0. The Morgan fingerprint density at radius 2 is 2.08 bits per heavy atom. The number of hydrogen-bond donors (Lipinski definition) is 1. The first-order valence-electron chi connectivity index (χ1n) is 8.17. The number of nitrogens with two attached hydrogens (primary N) is 1. The highest BCUT2D eigenvalue weighted by atomic mass is 16.1. The van der Waals surface area contributed by atoms with Crippen molar-refractivity contribution in [2.24, 2.45) is 5.73 Å². The smallest absolute Gasteiger partial charge is 0.258 e. The fourth-order valence-electron chi connectivity index (χ4n) is 3.40. The van der Waals surface area contributed by atoms with Crippen LogP contribution in [0.2, 0.25) is 0 Å². The van der Waals surface area contributed by atoms with Gasteiger partial charge in [-0.15, -0.1) is 0 Å². The Kier molecular flexibility index (Phi) is 3.58. The van der Waals surface area contributed by atoms with E-state index in [0.29, 0.717) is 12.2 Å². The van der Waals surface area contributed by atoms with Gasteiger partial charge in [-0.3, -0.25) is 9.20 Å². The number of pyridine rings is 1. The number of rotatable bonds is 2. The molecule has 0 saturated heterocycles. The van der Waals surface area contributed by atoms with Gasteiger partial charge in [0.2, 0.25) is 0 Å². The first kappa shape index (κ1) is 14.9. The molecular weight excluding hydrogens is 300 g/mol. The minimum atomic E-state index is -0.0479. The lowest BCUT2D eigenvalue weighted by molar-refractivity contribution is 0.595. The molecule has 1 aliphatic rings. The lowest BCUT2D eigenvalue weighted by Crippen LogP contribution is -2.43. The quantitative estimate of drug-likeness (QED) is 0.783. The first-order chi connectivity index (χ1) is 11.6. The lowest BCUT2D eigenvalue weighted by atomic mass is 9.98. The van der Waals surface area contributed by atoms with E-state index in [0.717, 1.165) is 24.2 Å². The molecule has 2 N–H and O–H groups in total. The fraction of sp³-hybridized carbons (Fsp3) is 0.263. The molecule has 24 heavy (non-hydrogen) atoms. The normalized spacial score (nSPS) is 17.1. The third-order valence-electron chi connectivity index (χ3n) is 4.48. The monoisotopic (exact) mass is 320 g/mol. The van der Waals surface area contributed by atoms with Gasteiger partial charge in [0.15, 0.2) is 0 Å². The summed E-state index contributed by atoms with van der Waals surface area (Å²) in [5.41, 5.74) is 11.1. The van der Waals surface area contributed by atoms with E-state index >= 15 is 0 Å². The van der Waals surface area contributed by atoms with Gasteiger partial charge in [0.25, 0.3) is 5.56 Å². The molecule has 1 atom stereocenters. The number of benzene rings is 1. The van der Waals surface area contributed by atoms with Crippen LogP contribution in [0.5, 0.6) is 0 Å². The van der Waals surface area contributed by atoms with E-state index in [-0.39, 0.29) is 11.6 Å².